The normalized spacial score (nSPS) is 10.5. The highest BCUT2D eigenvalue weighted by molar-refractivity contribution is 9.10. The first-order valence-corrected chi connectivity index (χ1v) is 5.24. The largest absolute Gasteiger partial charge is 0.438 e. The first kappa shape index (κ1) is 10.2. The molecule has 78 valence electrons. The average Bonchev–Trinajstić information content (AvgIpc) is 2.56. The Morgan fingerprint density at radius 3 is 2.93 bits per heavy atom. The van der Waals surface area contributed by atoms with Crippen LogP contribution in [-0.2, 0) is 6.42 Å². The van der Waals surface area contributed by atoms with E-state index in [-0.39, 0.29) is 0 Å². The molecule has 0 aliphatic carbocycles. The number of nitrogens with one attached hydrogen (secondary N) is 1. The van der Waals surface area contributed by atoms with Gasteiger partial charge >= 0.3 is 5.76 Å². The smallest absolute Gasteiger partial charge is 0.296 e. The van der Waals surface area contributed by atoms with E-state index in [2.05, 4.69) is 30.6 Å². The predicted molar refractivity (Wildman–Crippen MR) is 58.8 cm³/mol. The highest BCUT2D eigenvalue weighted by Crippen LogP contribution is 2.17. The molecule has 1 aromatic carbocycles. The van der Waals surface area contributed by atoms with Crippen molar-refractivity contribution in [2.24, 2.45) is 0 Å². The van der Waals surface area contributed by atoms with Gasteiger partial charge in [-0.3, -0.25) is 9.51 Å². The zero-order valence-corrected chi connectivity index (χ0v) is 9.67. The highest BCUT2D eigenvalue weighted by Gasteiger charge is 2.04. The SMILES string of the molecule is Cc1cc(Br)ccc1Cc1noc(=O)[nH]1. The van der Waals surface area contributed by atoms with E-state index in [0.29, 0.717) is 12.2 Å². The Bertz CT molecular complexity index is 530. The third-order valence-electron chi connectivity index (χ3n) is 2.15. The van der Waals surface area contributed by atoms with E-state index in [1.807, 2.05) is 25.1 Å². The number of benzene rings is 1. The molecule has 4 nitrogen and oxygen atoms in total. The molecule has 0 aliphatic heterocycles. The molecule has 0 fully saturated rings. The molecule has 0 aliphatic rings. The lowest BCUT2D eigenvalue weighted by molar-refractivity contribution is 0.382. The zero-order chi connectivity index (χ0) is 10.8. The summed E-state index contributed by atoms with van der Waals surface area (Å²) in [6, 6.07) is 5.97. The third-order valence-corrected chi connectivity index (χ3v) is 2.64. The molecule has 1 aromatic heterocycles. The zero-order valence-electron chi connectivity index (χ0n) is 8.08. The van der Waals surface area contributed by atoms with Gasteiger partial charge in [0.2, 0.25) is 0 Å². The van der Waals surface area contributed by atoms with Crippen molar-refractivity contribution in [3.63, 3.8) is 0 Å². The number of aryl methyl sites for hydroxylation is 1. The Morgan fingerprint density at radius 1 is 1.53 bits per heavy atom. The van der Waals surface area contributed by atoms with E-state index in [1.54, 1.807) is 0 Å². The summed E-state index contributed by atoms with van der Waals surface area (Å²) >= 11 is 3.39. The Labute approximate surface area is 94.4 Å². The second-order valence-electron chi connectivity index (χ2n) is 3.29. The van der Waals surface area contributed by atoms with Gasteiger partial charge in [0.25, 0.3) is 0 Å². The van der Waals surface area contributed by atoms with Crippen LogP contribution in [0, 0.1) is 6.92 Å². The molecule has 0 saturated carbocycles. The summed E-state index contributed by atoms with van der Waals surface area (Å²) < 4.78 is 5.47. The van der Waals surface area contributed by atoms with Gasteiger partial charge in [0, 0.05) is 10.9 Å². The summed E-state index contributed by atoms with van der Waals surface area (Å²) in [6.07, 6.45) is 0.574. The van der Waals surface area contributed by atoms with Gasteiger partial charge in [0.15, 0.2) is 5.82 Å². The molecule has 0 radical (unpaired) electrons. The van der Waals surface area contributed by atoms with E-state index in [9.17, 15) is 4.79 Å². The molecular formula is C10H9BrN2O2. The van der Waals surface area contributed by atoms with Crippen molar-refractivity contribution in [3.05, 3.63) is 50.2 Å². The maximum Gasteiger partial charge on any atom is 0.438 e. The van der Waals surface area contributed by atoms with Gasteiger partial charge in [0.1, 0.15) is 0 Å². The minimum absolute atomic E-state index is 0.514. The average molecular weight is 269 g/mol. The number of hydrogen-bond acceptors (Lipinski definition) is 3. The molecule has 0 spiro atoms. The maximum atomic E-state index is 10.7. The van der Waals surface area contributed by atoms with Crippen LogP contribution in [0.2, 0.25) is 0 Å². The molecule has 1 N–H and O–H groups in total. The van der Waals surface area contributed by atoms with E-state index in [4.69, 9.17) is 0 Å². The Morgan fingerprint density at radius 2 is 2.33 bits per heavy atom. The van der Waals surface area contributed by atoms with Crippen molar-refractivity contribution in [2.75, 3.05) is 0 Å². The molecule has 2 rings (SSSR count). The summed E-state index contributed by atoms with van der Waals surface area (Å²) in [4.78, 5) is 13.2. The summed E-state index contributed by atoms with van der Waals surface area (Å²) in [6.45, 7) is 2.01. The molecule has 0 amide bonds. The summed E-state index contributed by atoms with van der Waals surface area (Å²) in [5, 5.41) is 3.62. The molecular weight excluding hydrogens is 260 g/mol. The van der Waals surface area contributed by atoms with Crippen molar-refractivity contribution in [2.45, 2.75) is 13.3 Å². The number of aromatic amines is 1. The van der Waals surface area contributed by atoms with Crippen LogP contribution in [0.15, 0.2) is 32.0 Å². The first-order chi connectivity index (χ1) is 7.15. The fourth-order valence-corrected chi connectivity index (χ4v) is 1.85. The van der Waals surface area contributed by atoms with E-state index < -0.39 is 5.76 Å². The molecule has 0 bridgehead atoms. The van der Waals surface area contributed by atoms with Crippen LogP contribution in [0.1, 0.15) is 17.0 Å². The fraction of sp³-hybridized carbons (Fsp3) is 0.200. The molecule has 5 heteroatoms. The van der Waals surface area contributed by atoms with Crippen LogP contribution < -0.4 is 5.76 Å². The Hall–Kier alpha value is -1.36. The Kier molecular flexibility index (Phi) is 2.73. The van der Waals surface area contributed by atoms with Crippen LogP contribution >= 0.6 is 15.9 Å². The molecule has 0 atom stereocenters. The molecule has 15 heavy (non-hydrogen) atoms. The first-order valence-electron chi connectivity index (χ1n) is 4.45. The lowest BCUT2D eigenvalue weighted by Crippen LogP contribution is -1.99. The van der Waals surface area contributed by atoms with Crippen molar-refractivity contribution >= 4 is 15.9 Å². The monoisotopic (exact) mass is 268 g/mol. The van der Waals surface area contributed by atoms with Crippen molar-refractivity contribution in [1.82, 2.24) is 10.1 Å². The van der Waals surface area contributed by atoms with Gasteiger partial charge in [-0.15, -0.1) is 0 Å². The Balaban J connectivity index is 2.28. The summed E-state index contributed by atoms with van der Waals surface area (Å²) in [5.74, 6) is 0.0326. The number of aromatic nitrogens is 2. The van der Waals surface area contributed by atoms with Gasteiger partial charge in [-0.25, -0.2) is 4.79 Å². The van der Waals surface area contributed by atoms with Gasteiger partial charge in [-0.05, 0) is 30.2 Å². The number of halogens is 1. The van der Waals surface area contributed by atoms with Crippen LogP contribution in [0.5, 0.6) is 0 Å². The topological polar surface area (TPSA) is 58.9 Å². The number of rotatable bonds is 2. The lowest BCUT2D eigenvalue weighted by Gasteiger charge is -2.03. The second kappa shape index (κ2) is 4.02. The summed E-state index contributed by atoms with van der Waals surface area (Å²) in [7, 11) is 0. The van der Waals surface area contributed by atoms with Crippen LogP contribution in [0.4, 0.5) is 0 Å². The molecule has 1 heterocycles. The quantitative estimate of drug-likeness (QED) is 0.907. The van der Waals surface area contributed by atoms with Gasteiger partial charge < -0.3 is 0 Å². The molecule has 2 aromatic rings. The van der Waals surface area contributed by atoms with Crippen LogP contribution in [0.3, 0.4) is 0 Å². The highest BCUT2D eigenvalue weighted by atomic mass is 79.9. The van der Waals surface area contributed by atoms with Gasteiger partial charge in [-0.1, -0.05) is 27.2 Å². The summed E-state index contributed by atoms with van der Waals surface area (Å²) in [5.41, 5.74) is 2.26. The predicted octanol–water partition coefficient (Wildman–Crippen LogP) is 2.02. The lowest BCUT2D eigenvalue weighted by atomic mass is 10.1. The third kappa shape index (κ3) is 2.36. The maximum absolute atomic E-state index is 10.7. The minimum Gasteiger partial charge on any atom is -0.296 e. The van der Waals surface area contributed by atoms with Crippen molar-refractivity contribution in [1.29, 1.82) is 0 Å². The van der Waals surface area contributed by atoms with E-state index in [0.717, 1.165) is 15.6 Å². The number of nitrogens with zero attached hydrogens (tertiary/aromatic N) is 1. The van der Waals surface area contributed by atoms with Crippen LogP contribution in [0.25, 0.3) is 0 Å². The van der Waals surface area contributed by atoms with Gasteiger partial charge in [-0.2, -0.15) is 0 Å². The second-order valence-corrected chi connectivity index (χ2v) is 4.20. The number of H-pyrrole nitrogens is 1. The molecule has 0 unspecified atom stereocenters. The van der Waals surface area contributed by atoms with E-state index in [1.165, 1.54) is 0 Å². The number of hydrogen-bond donors (Lipinski definition) is 1. The minimum atomic E-state index is -0.514. The standard InChI is InChI=1S/C10H9BrN2O2/c1-6-4-8(11)3-2-7(6)5-9-12-10(14)15-13-9/h2-4H,5H2,1H3,(H,12,13,14). The van der Waals surface area contributed by atoms with Crippen molar-refractivity contribution < 1.29 is 4.52 Å². The molecule has 0 saturated heterocycles. The fourth-order valence-electron chi connectivity index (χ4n) is 1.37. The van der Waals surface area contributed by atoms with E-state index >= 15 is 0 Å². The van der Waals surface area contributed by atoms with Gasteiger partial charge in [0.05, 0.1) is 0 Å². The van der Waals surface area contributed by atoms with Crippen molar-refractivity contribution in [3.8, 4) is 0 Å². The van der Waals surface area contributed by atoms with Crippen LogP contribution in [-0.4, -0.2) is 10.1 Å².